The molecule has 0 amide bonds. The van der Waals surface area contributed by atoms with E-state index >= 15 is 0 Å². The predicted octanol–water partition coefficient (Wildman–Crippen LogP) is 2.79. The molecule has 0 aromatic heterocycles. The van der Waals surface area contributed by atoms with Gasteiger partial charge in [0.05, 0.1) is 6.04 Å². The van der Waals surface area contributed by atoms with E-state index in [1.165, 1.54) is 12.1 Å². The maximum absolute atomic E-state index is 12.5. The third-order valence-corrected chi connectivity index (χ3v) is 6.14. The fourth-order valence-corrected chi connectivity index (χ4v) is 4.01. The van der Waals surface area contributed by atoms with Gasteiger partial charge in [-0.15, -0.1) is 12.4 Å². The van der Waals surface area contributed by atoms with Crippen LogP contribution in [0, 0.1) is 5.92 Å². The van der Waals surface area contributed by atoms with Gasteiger partial charge in [-0.2, -0.15) is 21.6 Å². The molecule has 3 atom stereocenters. The van der Waals surface area contributed by atoms with Gasteiger partial charge in [0.1, 0.15) is 5.75 Å². The third kappa shape index (κ3) is 3.02. The minimum atomic E-state index is -5.74. The summed E-state index contributed by atoms with van der Waals surface area (Å²) in [6.45, 7) is 4.43. The number of rotatable bonds is 2. The molecule has 0 radical (unpaired) electrons. The van der Waals surface area contributed by atoms with Crippen LogP contribution in [0.1, 0.15) is 36.2 Å². The Balaban J connectivity index is 0.00000225. The minimum absolute atomic E-state index is 0. The quantitative estimate of drug-likeness (QED) is 0.611. The molecule has 2 aliphatic rings. The van der Waals surface area contributed by atoms with Gasteiger partial charge in [0, 0.05) is 5.56 Å². The van der Waals surface area contributed by atoms with Gasteiger partial charge in [0.25, 0.3) is 0 Å². The van der Waals surface area contributed by atoms with Crippen LogP contribution in [0.2, 0.25) is 0 Å². The van der Waals surface area contributed by atoms with E-state index in [0.717, 1.165) is 6.07 Å². The van der Waals surface area contributed by atoms with Crippen molar-refractivity contribution in [2.24, 2.45) is 5.92 Å². The molecule has 1 fully saturated rings. The van der Waals surface area contributed by atoms with E-state index in [4.69, 9.17) is 0 Å². The minimum Gasteiger partial charge on any atom is -0.376 e. The largest absolute Gasteiger partial charge is 0.534 e. The number of fused-ring (bicyclic) bond motifs is 4. The van der Waals surface area contributed by atoms with Crippen molar-refractivity contribution in [1.29, 1.82) is 0 Å². The van der Waals surface area contributed by atoms with Crippen molar-refractivity contribution in [3.05, 3.63) is 29.3 Å². The van der Waals surface area contributed by atoms with Gasteiger partial charge in [0.15, 0.2) is 5.78 Å². The summed E-state index contributed by atoms with van der Waals surface area (Å²) in [5.41, 5.74) is -5.02. The molecule has 1 aromatic rings. The highest BCUT2D eigenvalue weighted by Crippen LogP contribution is 2.47. The number of Topliss-reactive ketones (excluding diaryl/α,β-unsaturated/α-hetero) is 1. The molecular formula is C15H17ClF3NO4S. The Morgan fingerprint density at radius 1 is 1.32 bits per heavy atom. The maximum Gasteiger partial charge on any atom is 0.534 e. The maximum atomic E-state index is 12.5. The summed E-state index contributed by atoms with van der Waals surface area (Å²) >= 11 is 0. The fourth-order valence-electron chi connectivity index (χ4n) is 3.56. The van der Waals surface area contributed by atoms with E-state index in [1.54, 1.807) is 0 Å². The SMILES string of the molecule is C[C@H]1[C@@H]2NCC[C@@]1(C)c1cc(OS(=O)(=O)C(F)(F)F)ccc1C2=O.Cl. The molecule has 1 N–H and O–H groups in total. The van der Waals surface area contributed by atoms with Crippen LogP contribution in [0.15, 0.2) is 18.2 Å². The molecule has 3 rings (SSSR count). The third-order valence-electron chi connectivity index (χ3n) is 5.16. The number of halogens is 4. The second-order valence-corrected chi connectivity index (χ2v) is 7.98. The smallest absolute Gasteiger partial charge is 0.376 e. The molecule has 1 aromatic carbocycles. The summed E-state index contributed by atoms with van der Waals surface area (Å²) in [5.74, 6) is -0.648. The standard InChI is InChI=1S/C15H16F3NO4S.ClH/c1-8-12-13(20)10-4-3-9(23-24(21,22)15(16,17)18)7-11(10)14(8,2)5-6-19-12;/h3-4,7-8,12,19H,5-6H2,1-2H3;1H/t8-,12-,14+;/m0./s1. The highest BCUT2D eigenvalue weighted by atomic mass is 35.5. The van der Waals surface area contributed by atoms with E-state index in [0.29, 0.717) is 24.1 Å². The van der Waals surface area contributed by atoms with E-state index < -0.39 is 26.8 Å². The molecule has 0 spiro atoms. The number of carbonyl (C=O) groups excluding carboxylic acids is 1. The van der Waals surface area contributed by atoms with Gasteiger partial charge in [-0.1, -0.05) is 13.8 Å². The first-order valence-electron chi connectivity index (χ1n) is 7.40. The summed E-state index contributed by atoms with van der Waals surface area (Å²) in [4.78, 5) is 12.5. The zero-order valence-corrected chi connectivity index (χ0v) is 15.0. The lowest BCUT2D eigenvalue weighted by Crippen LogP contribution is -2.59. The molecule has 0 saturated carbocycles. The van der Waals surface area contributed by atoms with Crippen LogP contribution in [0.3, 0.4) is 0 Å². The molecule has 0 unspecified atom stereocenters. The zero-order valence-electron chi connectivity index (χ0n) is 13.4. The number of alkyl halides is 3. The molecule has 2 bridgehead atoms. The summed E-state index contributed by atoms with van der Waals surface area (Å²) in [6, 6.07) is 3.31. The Hall–Kier alpha value is -1.32. The molecule has 1 aliphatic carbocycles. The average molecular weight is 400 g/mol. The van der Waals surface area contributed by atoms with Gasteiger partial charge < -0.3 is 9.50 Å². The van der Waals surface area contributed by atoms with E-state index in [2.05, 4.69) is 9.50 Å². The first-order chi connectivity index (χ1) is 11.0. The number of ketones is 1. The Morgan fingerprint density at radius 2 is 1.96 bits per heavy atom. The number of benzene rings is 1. The zero-order chi connectivity index (χ0) is 17.9. The lowest BCUT2D eigenvalue weighted by atomic mass is 9.59. The van der Waals surface area contributed by atoms with E-state index in [-0.39, 0.29) is 30.2 Å². The first kappa shape index (κ1) is 20.0. The molecule has 1 saturated heterocycles. The molecule has 10 heteroatoms. The van der Waals surface area contributed by atoms with Crippen molar-refractivity contribution in [3.63, 3.8) is 0 Å². The van der Waals surface area contributed by atoms with Crippen LogP contribution < -0.4 is 9.50 Å². The Kier molecular flexibility index (Phi) is 4.91. The Bertz CT molecular complexity index is 811. The van der Waals surface area contributed by atoms with Crippen LogP contribution in [0.25, 0.3) is 0 Å². The van der Waals surface area contributed by atoms with Gasteiger partial charge in [-0.3, -0.25) is 4.79 Å². The van der Waals surface area contributed by atoms with E-state index in [9.17, 15) is 26.4 Å². The van der Waals surface area contributed by atoms with Crippen molar-refractivity contribution in [1.82, 2.24) is 5.32 Å². The summed E-state index contributed by atoms with van der Waals surface area (Å²) < 4.78 is 64.0. The normalized spacial score (nSPS) is 28.8. The summed E-state index contributed by atoms with van der Waals surface area (Å²) in [7, 11) is -5.74. The summed E-state index contributed by atoms with van der Waals surface area (Å²) in [6.07, 6.45) is 0.681. The van der Waals surface area contributed by atoms with Crippen molar-refractivity contribution < 1.29 is 30.6 Å². The number of nitrogens with one attached hydrogen (secondary N) is 1. The van der Waals surface area contributed by atoms with Gasteiger partial charge in [0.2, 0.25) is 0 Å². The van der Waals surface area contributed by atoms with Crippen molar-refractivity contribution in [2.75, 3.05) is 6.54 Å². The van der Waals surface area contributed by atoms with E-state index in [1.807, 2.05) is 13.8 Å². The van der Waals surface area contributed by atoms with Crippen molar-refractivity contribution in [3.8, 4) is 5.75 Å². The van der Waals surface area contributed by atoms with Gasteiger partial charge in [-0.05, 0) is 48.1 Å². The predicted molar refractivity (Wildman–Crippen MR) is 86.5 cm³/mol. The first-order valence-corrected chi connectivity index (χ1v) is 8.81. The summed E-state index contributed by atoms with van der Waals surface area (Å²) in [5, 5.41) is 3.16. The van der Waals surface area contributed by atoms with Crippen LogP contribution in [-0.2, 0) is 15.5 Å². The molecule has 1 aliphatic heterocycles. The lowest BCUT2D eigenvalue weighted by Gasteiger charge is -2.49. The molecule has 140 valence electrons. The highest BCUT2D eigenvalue weighted by Gasteiger charge is 2.51. The monoisotopic (exact) mass is 399 g/mol. The topological polar surface area (TPSA) is 72.5 Å². The number of hydrogen-bond acceptors (Lipinski definition) is 5. The molecule has 25 heavy (non-hydrogen) atoms. The molecule has 5 nitrogen and oxygen atoms in total. The number of hydrogen-bond donors (Lipinski definition) is 1. The molecule has 1 heterocycles. The average Bonchev–Trinajstić information content (AvgIpc) is 2.46. The van der Waals surface area contributed by atoms with Crippen molar-refractivity contribution in [2.45, 2.75) is 37.2 Å². The van der Waals surface area contributed by atoms with Crippen LogP contribution in [0.5, 0.6) is 5.75 Å². The molecular weight excluding hydrogens is 383 g/mol. The van der Waals surface area contributed by atoms with Crippen molar-refractivity contribution >= 4 is 28.3 Å². The van der Waals surface area contributed by atoms with Gasteiger partial charge >= 0.3 is 15.6 Å². The number of piperidine rings is 1. The van der Waals surface area contributed by atoms with Crippen LogP contribution in [0.4, 0.5) is 13.2 Å². The lowest BCUT2D eigenvalue weighted by molar-refractivity contribution is -0.0500. The van der Waals surface area contributed by atoms with Gasteiger partial charge in [-0.25, -0.2) is 0 Å². The Morgan fingerprint density at radius 3 is 2.56 bits per heavy atom. The highest BCUT2D eigenvalue weighted by molar-refractivity contribution is 7.88. The Labute approximate surface area is 149 Å². The second kappa shape index (κ2) is 6.14. The number of carbonyl (C=O) groups is 1. The fraction of sp³-hybridized carbons (Fsp3) is 0.533. The second-order valence-electron chi connectivity index (χ2n) is 6.44. The van der Waals surface area contributed by atoms with Crippen LogP contribution in [-0.4, -0.2) is 32.3 Å². The van der Waals surface area contributed by atoms with Crippen LogP contribution >= 0.6 is 12.4 Å².